The van der Waals surface area contributed by atoms with Crippen molar-refractivity contribution in [3.05, 3.63) is 36.3 Å². The van der Waals surface area contributed by atoms with Crippen molar-refractivity contribution in [1.29, 1.82) is 0 Å². The van der Waals surface area contributed by atoms with Gasteiger partial charge in [0, 0.05) is 17.0 Å². The lowest BCUT2D eigenvalue weighted by Gasteiger charge is -1.93. The van der Waals surface area contributed by atoms with E-state index in [1.54, 1.807) is 12.3 Å². The maximum absolute atomic E-state index is 10.8. The molecule has 0 aliphatic heterocycles. The minimum absolute atomic E-state index is 0.0391. The van der Waals surface area contributed by atoms with E-state index >= 15 is 0 Å². The second-order valence-electron chi connectivity index (χ2n) is 3.44. The molecule has 0 bridgehead atoms. The van der Waals surface area contributed by atoms with Gasteiger partial charge in [-0.05, 0) is 18.2 Å². The van der Waals surface area contributed by atoms with Gasteiger partial charge in [-0.15, -0.1) is 0 Å². The number of aromatic carboxylic acids is 1. The summed E-state index contributed by atoms with van der Waals surface area (Å²) in [6.45, 7) is 0. The number of hydrogen-bond donors (Lipinski definition) is 2. The molecule has 3 aromatic rings. The van der Waals surface area contributed by atoms with Gasteiger partial charge in [-0.2, -0.15) is 0 Å². The molecule has 78 valence electrons. The van der Waals surface area contributed by atoms with Gasteiger partial charge in [0.05, 0.1) is 11.7 Å². The Morgan fingerprint density at radius 3 is 3.00 bits per heavy atom. The summed E-state index contributed by atoms with van der Waals surface area (Å²) in [4.78, 5) is 21.9. The Morgan fingerprint density at radius 1 is 1.31 bits per heavy atom. The summed E-state index contributed by atoms with van der Waals surface area (Å²) in [5.74, 6) is -1.03. The molecule has 0 atom stereocenters. The maximum Gasteiger partial charge on any atom is 0.354 e. The second-order valence-corrected chi connectivity index (χ2v) is 3.44. The Labute approximate surface area is 89.8 Å². The molecule has 16 heavy (non-hydrogen) atoms. The van der Waals surface area contributed by atoms with Crippen LogP contribution in [-0.2, 0) is 0 Å². The van der Waals surface area contributed by atoms with Crippen LogP contribution in [0.5, 0.6) is 0 Å². The normalized spacial score (nSPS) is 11.0. The largest absolute Gasteiger partial charge is 0.477 e. The first-order chi connectivity index (χ1) is 7.75. The molecular weight excluding hydrogens is 206 g/mol. The van der Waals surface area contributed by atoms with Crippen LogP contribution >= 0.6 is 0 Å². The zero-order chi connectivity index (χ0) is 11.1. The van der Waals surface area contributed by atoms with Crippen LogP contribution < -0.4 is 0 Å². The lowest BCUT2D eigenvalue weighted by Crippen LogP contribution is -1.98. The number of carboxylic acid groups (broad SMARTS) is 1. The van der Waals surface area contributed by atoms with E-state index in [2.05, 4.69) is 15.0 Å². The lowest BCUT2D eigenvalue weighted by molar-refractivity contribution is 0.0691. The van der Waals surface area contributed by atoms with E-state index in [1.165, 1.54) is 6.20 Å². The first-order valence-electron chi connectivity index (χ1n) is 4.71. The van der Waals surface area contributed by atoms with Gasteiger partial charge in [0.2, 0.25) is 0 Å². The molecule has 5 nitrogen and oxygen atoms in total. The Kier molecular flexibility index (Phi) is 1.67. The van der Waals surface area contributed by atoms with Crippen LogP contribution in [-0.4, -0.2) is 26.0 Å². The van der Waals surface area contributed by atoms with Crippen molar-refractivity contribution in [3.63, 3.8) is 0 Å². The predicted molar refractivity (Wildman–Crippen MR) is 58.4 cm³/mol. The molecule has 0 saturated carbocycles. The van der Waals surface area contributed by atoms with Crippen LogP contribution in [0.2, 0.25) is 0 Å². The van der Waals surface area contributed by atoms with E-state index in [0.717, 1.165) is 21.9 Å². The third-order valence-electron chi connectivity index (χ3n) is 2.47. The zero-order valence-corrected chi connectivity index (χ0v) is 8.14. The number of aromatic amines is 1. The standard InChI is InChI=1S/C11H7N3O2/c15-11(16)8-4-7-6-2-1-3-12-10(6)14-9(7)5-13-8/h1-5H,(H,12,14)(H,15,16). The number of fused-ring (bicyclic) bond motifs is 3. The Balaban J connectivity index is 2.44. The van der Waals surface area contributed by atoms with Crippen LogP contribution in [0.1, 0.15) is 10.5 Å². The van der Waals surface area contributed by atoms with Gasteiger partial charge in [0.15, 0.2) is 0 Å². The summed E-state index contributed by atoms with van der Waals surface area (Å²) >= 11 is 0. The summed E-state index contributed by atoms with van der Waals surface area (Å²) in [5.41, 5.74) is 1.57. The van der Waals surface area contributed by atoms with Gasteiger partial charge in [0.1, 0.15) is 11.3 Å². The lowest BCUT2D eigenvalue weighted by atomic mass is 10.2. The number of hydrogen-bond acceptors (Lipinski definition) is 3. The highest BCUT2D eigenvalue weighted by Crippen LogP contribution is 2.23. The third-order valence-corrected chi connectivity index (χ3v) is 2.47. The van der Waals surface area contributed by atoms with Crippen LogP contribution in [0, 0.1) is 0 Å². The minimum Gasteiger partial charge on any atom is -0.477 e. The summed E-state index contributed by atoms with van der Waals surface area (Å²) in [5, 5.41) is 10.6. The first-order valence-corrected chi connectivity index (χ1v) is 4.71. The van der Waals surface area contributed by atoms with Crippen LogP contribution in [0.3, 0.4) is 0 Å². The van der Waals surface area contributed by atoms with Crippen molar-refractivity contribution < 1.29 is 9.90 Å². The summed E-state index contributed by atoms with van der Waals surface area (Å²) in [6, 6.07) is 5.27. The van der Waals surface area contributed by atoms with Crippen molar-refractivity contribution in [2.45, 2.75) is 0 Å². The number of carboxylic acids is 1. The second kappa shape index (κ2) is 3.03. The number of H-pyrrole nitrogens is 1. The molecule has 0 saturated heterocycles. The zero-order valence-electron chi connectivity index (χ0n) is 8.14. The van der Waals surface area contributed by atoms with E-state index < -0.39 is 5.97 Å². The van der Waals surface area contributed by atoms with Gasteiger partial charge in [-0.25, -0.2) is 14.8 Å². The molecule has 0 spiro atoms. The molecule has 0 aliphatic carbocycles. The number of pyridine rings is 2. The molecule has 0 aromatic carbocycles. The van der Waals surface area contributed by atoms with Crippen molar-refractivity contribution in [2.24, 2.45) is 0 Å². The molecule has 3 heterocycles. The maximum atomic E-state index is 10.8. The van der Waals surface area contributed by atoms with Gasteiger partial charge in [-0.1, -0.05) is 0 Å². The molecular formula is C11H7N3O2. The average Bonchev–Trinajstić information content (AvgIpc) is 2.66. The molecule has 0 amide bonds. The highest BCUT2D eigenvalue weighted by molar-refractivity contribution is 6.07. The highest BCUT2D eigenvalue weighted by atomic mass is 16.4. The molecule has 0 radical (unpaired) electrons. The molecule has 3 rings (SSSR count). The monoisotopic (exact) mass is 213 g/mol. The Bertz CT molecular complexity index is 703. The molecule has 2 N–H and O–H groups in total. The van der Waals surface area contributed by atoms with E-state index in [4.69, 9.17) is 5.11 Å². The van der Waals surface area contributed by atoms with Crippen LogP contribution in [0.15, 0.2) is 30.6 Å². The van der Waals surface area contributed by atoms with Gasteiger partial charge < -0.3 is 10.1 Å². The van der Waals surface area contributed by atoms with E-state index in [0.29, 0.717) is 0 Å². The van der Waals surface area contributed by atoms with E-state index in [1.807, 2.05) is 12.1 Å². The van der Waals surface area contributed by atoms with E-state index in [9.17, 15) is 4.79 Å². The first kappa shape index (κ1) is 8.84. The van der Waals surface area contributed by atoms with Crippen LogP contribution in [0.25, 0.3) is 21.9 Å². The fourth-order valence-electron chi connectivity index (χ4n) is 1.74. The number of carbonyl (C=O) groups is 1. The predicted octanol–water partition coefficient (Wildman–Crippen LogP) is 1.81. The van der Waals surface area contributed by atoms with Gasteiger partial charge in [-0.3, -0.25) is 0 Å². The number of aromatic nitrogens is 3. The fourth-order valence-corrected chi connectivity index (χ4v) is 1.74. The quantitative estimate of drug-likeness (QED) is 0.646. The van der Waals surface area contributed by atoms with Crippen molar-refractivity contribution in [2.75, 3.05) is 0 Å². The summed E-state index contributed by atoms with van der Waals surface area (Å²) in [7, 11) is 0. The fraction of sp³-hybridized carbons (Fsp3) is 0. The average molecular weight is 213 g/mol. The molecule has 0 unspecified atom stereocenters. The molecule has 3 aromatic heterocycles. The summed E-state index contributed by atoms with van der Waals surface area (Å²) in [6.07, 6.45) is 3.20. The third kappa shape index (κ3) is 1.15. The minimum atomic E-state index is -1.03. The van der Waals surface area contributed by atoms with Gasteiger partial charge >= 0.3 is 5.97 Å². The van der Waals surface area contributed by atoms with Gasteiger partial charge in [0.25, 0.3) is 0 Å². The Morgan fingerprint density at radius 2 is 2.19 bits per heavy atom. The number of rotatable bonds is 1. The van der Waals surface area contributed by atoms with E-state index in [-0.39, 0.29) is 5.69 Å². The molecule has 0 fully saturated rings. The smallest absolute Gasteiger partial charge is 0.354 e. The SMILES string of the molecule is O=C(O)c1cc2c(cn1)[nH]c1ncccc12. The number of nitrogens with zero attached hydrogens (tertiary/aromatic N) is 2. The highest BCUT2D eigenvalue weighted by Gasteiger charge is 2.09. The van der Waals surface area contributed by atoms with Crippen LogP contribution in [0.4, 0.5) is 0 Å². The molecule has 0 aliphatic rings. The van der Waals surface area contributed by atoms with Crippen molar-refractivity contribution >= 4 is 27.9 Å². The Hall–Kier alpha value is -2.43. The van der Waals surface area contributed by atoms with Crippen molar-refractivity contribution in [1.82, 2.24) is 15.0 Å². The number of nitrogens with one attached hydrogen (secondary N) is 1. The summed E-state index contributed by atoms with van der Waals surface area (Å²) < 4.78 is 0. The molecule has 5 heteroatoms. The topological polar surface area (TPSA) is 78.9 Å². The van der Waals surface area contributed by atoms with Crippen molar-refractivity contribution in [3.8, 4) is 0 Å².